The van der Waals surface area contributed by atoms with Crippen molar-refractivity contribution >= 4 is 32.7 Å². The van der Waals surface area contributed by atoms with E-state index in [2.05, 4.69) is 65.1 Å². The summed E-state index contributed by atoms with van der Waals surface area (Å²) in [7, 11) is -4.84. The molecule has 0 amide bonds. The summed E-state index contributed by atoms with van der Waals surface area (Å²) in [5.41, 5.74) is 4.27. The van der Waals surface area contributed by atoms with Crippen LogP contribution in [0.5, 0.6) is 0 Å². The van der Waals surface area contributed by atoms with Crippen molar-refractivity contribution in [3.8, 4) is 22.3 Å². The molecular weight excluding hydrogens is 492 g/mol. The average Bonchev–Trinajstić information content (AvgIpc) is 2.58. The lowest BCUT2D eigenvalue weighted by Gasteiger charge is -2.24. The Morgan fingerprint density at radius 3 is 1.93 bits per heavy atom. The Kier molecular flexibility index (Phi) is 5.33. The van der Waals surface area contributed by atoms with Crippen LogP contribution in [0, 0.1) is 3.57 Å². The first-order valence-corrected chi connectivity index (χ1v) is 10.1. The number of halogens is 4. The summed E-state index contributed by atoms with van der Waals surface area (Å²) < 4.78 is 67.6. The predicted molar refractivity (Wildman–Crippen MR) is 105 cm³/mol. The van der Waals surface area contributed by atoms with Gasteiger partial charge < -0.3 is 0 Å². The third-order valence-electron chi connectivity index (χ3n) is 3.97. The summed E-state index contributed by atoms with van der Waals surface area (Å²) in [6, 6.07) is 18.5. The number of hydrogen-bond acceptors (Lipinski definition) is 2. The Bertz CT molecular complexity index is 1110. The van der Waals surface area contributed by atoms with Gasteiger partial charge in [0.2, 0.25) is 0 Å². The smallest absolute Gasteiger partial charge is 0.282 e. The van der Waals surface area contributed by atoms with E-state index < -0.39 is 26.8 Å². The molecule has 27 heavy (non-hydrogen) atoms. The van der Waals surface area contributed by atoms with Crippen LogP contribution in [-0.2, 0) is 16.3 Å². The van der Waals surface area contributed by atoms with Crippen molar-refractivity contribution in [2.24, 2.45) is 0 Å². The highest BCUT2D eigenvalue weighted by Gasteiger charge is 2.36. The monoisotopic (exact) mass is 504 g/mol. The van der Waals surface area contributed by atoms with E-state index in [1.807, 2.05) is 0 Å². The van der Waals surface area contributed by atoms with Crippen LogP contribution in [0.15, 0.2) is 71.6 Å². The molecule has 0 fully saturated rings. The van der Waals surface area contributed by atoms with E-state index in [0.717, 1.165) is 12.1 Å². The highest BCUT2D eigenvalue weighted by atomic mass is 127. The minimum Gasteiger partial charge on any atom is -0.282 e. The van der Waals surface area contributed by atoms with Gasteiger partial charge in [0.15, 0.2) is 0 Å². The van der Waals surface area contributed by atoms with Crippen LogP contribution in [0.4, 0.5) is 13.2 Å². The van der Waals surface area contributed by atoms with Gasteiger partial charge in [0.05, 0.1) is 5.56 Å². The number of benzene rings is 3. The maximum Gasteiger partial charge on any atom is 0.417 e. The highest BCUT2D eigenvalue weighted by molar-refractivity contribution is 14.1. The van der Waals surface area contributed by atoms with E-state index in [-0.39, 0.29) is 0 Å². The van der Waals surface area contributed by atoms with Crippen LogP contribution < -0.4 is 0 Å². The molecule has 8 heteroatoms. The van der Waals surface area contributed by atoms with Crippen LogP contribution in [0.1, 0.15) is 5.56 Å². The Morgan fingerprint density at radius 2 is 1.33 bits per heavy atom. The first-order chi connectivity index (χ1) is 12.6. The molecule has 0 unspecified atom stereocenters. The minimum absolute atomic E-state index is 0.586. The lowest BCUT2D eigenvalue weighted by molar-refractivity contribution is -0.140. The molecule has 0 spiro atoms. The normalized spacial score (nSPS) is 12.2. The summed E-state index contributed by atoms with van der Waals surface area (Å²) >= 11 is 2.40. The molecule has 0 atom stereocenters. The highest BCUT2D eigenvalue weighted by Crippen LogP contribution is 2.48. The van der Waals surface area contributed by atoms with Gasteiger partial charge in [0.1, 0.15) is 4.90 Å². The van der Waals surface area contributed by atoms with Crippen LogP contribution >= 0.6 is 22.6 Å². The summed E-state index contributed by atoms with van der Waals surface area (Å²) in [6.07, 6.45) is -4.80. The van der Waals surface area contributed by atoms with Gasteiger partial charge in [-0.3, -0.25) is 4.55 Å². The number of hydrogen-bond donors (Lipinski definition) is 1. The largest absolute Gasteiger partial charge is 0.417 e. The minimum atomic E-state index is -4.84. The summed E-state index contributed by atoms with van der Waals surface area (Å²) in [5.74, 6) is 0. The molecular formula is C19H12F3IO3S. The lowest BCUT2D eigenvalue weighted by atomic mass is 9.81. The van der Waals surface area contributed by atoms with Crippen LogP contribution in [0.3, 0.4) is 0 Å². The number of alkyl halides is 3. The van der Waals surface area contributed by atoms with Crippen molar-refractivity contribution in [3.05, 3.63) is 75.9 Å². The van der Waals surface area contributed by atoms with Crippen molar-refractivity contribution in [1.29, 1.82) is 0 Å². The molecule has 0 heterocycles. The Morgan fingerprint density at radius 1 is 0.778 bits per heavy atom. The first kappa shape index (κ1) is 19.8. The molecule has 0 saturated heterocycles. The first-order valence-electron chi connectivity index (χ1n) is 7.62. The van der Waals surface area contributed by atoms with Crippen LogP contribution in [-0.4, -0.2) is 13.0 Å². The predicted octanol–water partition coefficient (Wildman–Crippen LogP) is 5.89. The number of fused-ring (bicyclic) bond motifs is 4. The van der Waals surface area contributed by atoms with Gasteiger partial charge in [0, 0.05) is 9.13 Å². The van der Waals surface area contributed by atoms with Crippen molar-refractivity contribution in [3.63, 3.8) is 0 Å². The summed E-state index contributed by atoms with van der Waals surface area (Å²) in [4.78, 5) is -1.13. The molecule has 0 radical (unpaired) electrons. The molecule has 1 aliphatic rings. The molecule has 0 aromatic heterocycles. The van der Waals surface area contributed by atoms with Gasteiger partial charge in [-0.05, 0) is 57.5 Å². The Balaban J connectivity index is 0.000000156. The summed E-state index contributed by atoms with van der Waals surface area (Å²) in [6.45, 7) is 0. The van der Waals surface area contributed by atoms with E-state index in [1.54, 1.807) is 0 Å². The molecule has 3 aromatic rings. The average molecular weight is 504 g/mol. The third kappa shape index (κ3) is 4.02. The van der Waals surface area contributed by atoms with Crippen molar-refractivity contribution < 1.29 is 26.1 Å². The standard InChI is InChI=1S/C12H7I.C7H5F3O3S/c13-11-7-3-6-10-8-4-1-2-5-9(8)12(10)11;8-7(9,10)5-3-1-2-4-6(5)14(11,12)13/h1-7H;1-4H,(H,11,12,13). The molecule has 0 aliphatic heterocycles. The van der Waals surface area contributed by atoms with Gasteiger partial charge in [-0.25, -0.2) is 0 Å². The van der Waals surface area contributed by atoms with Crippen molar-refractivity contribution in [1.82, 2.24) is 0 Å². The Labute approximate surface area is 167 Å². The van der Waals surface area contributed by atoms with Gasteiger partial charge in [0.25, 0.3) is 10.1 Å². The van der Waals surface area contributed by atoms with Gasteiger partial charge in [-0.15, -0.1) is 0 Å². The molecule has 140 valence electrons. The lowest BCUT2D eigenvalue weighted by Crippen LogP contribution is -2.12. The molecule has 1 aliphatic carbocycles. The van der Waals surface area contributed by atoms with Crippen molar-refractivity contribution in [2.75, 3.05) is 0 Å². The van der Waals surface area contributed by atoms with Crippen molar-refractivity contribution in [2.45, 2.75) is 11.1 Å². The molecule has 3 aromatic carbocycles. The van der Waals surface area contributed by atoms with Gasteiger partial charge >= 0.3 is 6.18 Å². The zero-order valence-corrected chi connectivity index (χ0v) is 16.5. The maximum atomic E-state index is 12.2. The molecule has 3 nitrogen and oxygen atoms in total. The fourth-order valence-corrected chi connectivity index (χ4v) is 4.32. The quantitative estimate of drug-likeness (QED) is 0.260. The zero-order valence-electron chi connectivity index (χ0n) is 13.5. The van der Waals surface area contributed by atoms with E-state index in [9.17, 15) is 21.6 Å². The van der Waals surface area contributed by atoms with Crippen LogP contribution in [0.25, 0.3) is 22.3 Å². The second-order valence-corrected chi connectivity index (χ2v) is 8.23. The fourth-order valence-electron chi connectivity index (χ4n) is 2.82. The third-order valence-corrected chi connectivity index (χ3v) is 5.78. The van der Waals surface area contributed by atoms with Gasteiger partial charge in [-0.2, -0.15) is 21.6 Å². The summed E-state index contributed by atoms with van der Waals surface area (Å²) in [5, 5.41) is 0. The molecule has 0 saturated carbocycles. The van der Waals surface area contributed by atoms with E-state index in [1.165, 1.54) is 25.8 Å². The number of rotatable bonds is 1. The molecule has 1 N–H and O–H groups in total. The van der Waals surface area contributed by atoms with Crippen LogP contribution in [0.2, 0.25) is 0 Å². The maximum absolute atomic E-state index is 12.2. The second-order valence-electron chi connectivity index (χ2n) is 5.68. The topological polar surface area (TPSA) is 54.4 Å². The Hall–Kier alpha value is -1.91. The molecule has 0 bridgehead atoms. The van der Waals surface area contributed by atoms with E-state index >= 15 is 0 Å². The van der Waals surface area contributed by atoms with E-state index in [0.29, 0.717) is 12.1 Å². The zero-order chi connectivity index (χ0) is 19.8. The fraction of sp³-hybridized carbons (Fsp3) is 0.0526. The second kappa shape index (κ2) is 7.25. The van der Waals surface area contributed by atoms with E-state index in [4.69, 9.17) is 4.55 Å². The molecule has 4 rings (SSSR count). The van der Waals surface area contributed by atoms with Gasteiger partial charge in [-0.1, -0.05) is 48.5 Å². The SMILES string of the molecule is Ic1cccc2c1-c1ccccc1-2.O=S(=O)(O)c1ccccc1C(F)(F)F.